The molecule has 0 saturated heterocycles. The first-order valence-corrected chi connectivity index (χ1v) is 7.08. The van der Waals surface area contributed by atoms with E-state index in [1.54, 1.807) is 14.2 Å². The lowest BCUT2D eigenvalue weighted by atomic mass is 9.95. The number of ether oxygens (including phenoxy) is 2. The molecule has 0 fully saturated rings. The Morgan fingerprint density at radius 2 is 1.67 bits per heavy atom. The fourth-order valence-electron chi connectivity index (χ4n) is 2.56. The van der Waals surface area contributed by atoms with E-state index in [0.29, 0.717) is 0 Å². The summed E-state index contributed by atoms with van der Waals surface area (Å²) >= 11 is 0. The van der Waals surface area contributed by atoms with Crippen molar-refractivity contribution in [3.05, 3.63) is 47.0 Å². The molecule has 0 heterocycles. The Bertz CT molecular complexity index is 635. The van der Waals surface area contributed by atoms with Gasteiger partial charge >= 0.3 is 0 Å². The molecule has 0 spiro atoms. The van der Waals surface area contributed by atoms with E-state index in [9.17, 15) is 0 Å². The lowest BCUT2D eigenvalue weighted by molar-refractivity contribution is 0.412. The first-order chi connectivity index (χ1) is 10.1. The van der Waals surface area contributed by atoms with Crippen LogP contribution in [0.25, 0.3) is 11.1 Å². The number of aryl methyl sites for hydroxylation is 1. The van der Waals surface area contributed by atoms with E-state index in [2.05, 4.69) is 43.4 Å². The fraction of sp³-hybridized carbons (Fsp3) is 0.333. The second-order valence-corrected chi connectivity index (χ2v) is 5.14. The summed E-state index contributed by atoms with van der Waals surface area (Å²) in [7, 11) is 5.36. The Morgan fingerprint density at radius 1 is 0.952 bits per heavy atom. The van der Waals surface area contributed by atoms with Crippen molar-refractivity contribution in [1.29, 1.82) is 0 Å². The number of nitrogens with one attached hydrogen (secondary N) is 1. The third-order valence-electron chi connectivity index (χ3n) is 3.85. The minimum absolute atomic E-state index is 0.780. The highest BCUT2D eigenvalue weighted by molar-refractivity contribution is 5.76. The quantitative estimate of drug-likeness (QED) is 0.908. The Hall–Kier alpha value is -2.00. The summed E-state index contributed by atoms with van der Waals surface area (Å²) in [6.45, 7) is 4.98. The Kier molecular flexibility index (Phi) is 4.86. The summed E-state index contributed by atoms with van der Waals surface area (Å²) in [5.74, 6) is 1.81. The molecule has 0 aliphatic carbocycles. The minimum atomic E-state index is 0.780. The molecule has 0 aromatic heterocycles. The van der Waals surface area contributed by atoms with E-state index < -0.39 is 0 Å². The molecular formula is C18H23NO2. The van der Waals surface area contributed by atoms with Crippen molar-refractivity contribution in [3.63, 3.8) is 0 Å². The molecule has 0 unspecified atom stereocenters. The van der Waals surface area contributed by atoms with Crippen LogP contribution in [0.4, 0.5) is 0 Å². The van der Waals surface area contributed by atoms with Gasteiger partial charge in [-0.25, -0.2) is 0 Å². The van der Waals surface area contributed by atoms with Crippen molar-refractivity contribution >= 4 is 0 Å². The molecule has 0 radical (unpaired) electrons. The zero-order valence-corrected chi connectivity index (χ0v) is 13.4. The van der Waals surface area contributed by atoms with E-state index in [-0.39, 0.29) is 0 Å². The Labute approximate surface area is 126 Å². The zero-order chi connectivity index (χ0) is 15.4. The molecule has 112 valence electrons. The first kappa shape index (κ1) is 15.4. The highest BCUT2D eigenvalue weighted by Crippen LogP contribution is 2.37. The van der Waals surface area contributed by atoms with Gasteiger partial charge in [0.25, 0.3) is 0 Å². The van der Waals surface area contributed by atoms with Crippen LogP contribution in [0.15, 0.2) is 30.3 Å². The van der Waals surface area contributed by atoms with Crippen molar-refractivity contribution in [3.8, 4) is 22.6 Å². The van der Waals surface area contributed by atoms with Crippen molar-refractivity contribution < 1.29 is 9.47 Å². The molecular weight excluding hydrogens is 262 g/mol. The average molecular weight is 285 g/mol. The van der Waals surface area contributed by atoms with Gasteiger partial charge in [-0.05, 0) is 55.3 Å². The molecule has 0 amide bonds. The van der Waals surface area contributed by atoms with Crippen LogP contribution in [0.5, 0.6) is 11.5 Å². The SMILES string of the molecule is CNCc1cc(OC)ccc1-c1ccc(C)c(C)c1OC. The summed E-state index contributed by atoms with van der Waals surface area (Å²) in [4.78, 5) is 0. The third-order valence-corrected chi connectivity index (χ3v) is 3.85. The Balaban J connectivity index is 2.63. The van der Waals surface area contributed by atoms with E-state index in [0.717, 1.165) is 23.6 Å². The third kappa shape index (κ3) is 3.03. The van der Waals surface area contributed by atoms with Gasteiger partial charge in [-0.15, -0.1) is 0 Å². The van der Waals surface area contributed by atoms with Crippen molar-refractivity contribution in [1.82, 2.24) is 5.32 Å². The van der Waals surface area contributed by atoms with E-state index in [1.165, 1.54) is 22.3 Å². The van der Waals surface area contributed by atoms with E-state index >= 15 is 0 Å². The maximum absolute atomic E-state index is 5.65. The van der Waals surface area contributed by atoms with Crippen LogP contribution in [0.2, 0.25) is 0 Å². The second kappa shape index (κ2) is 6.64. The largest absolute Gasteiger partial charge is 0.497 e. The standard InChI is InChI=1S/C18H23NO2/c1-12-6-8-17(18(21-5)13(12)2)16-9-7-15(20-4)10-14(16)11-19-3/h6-10,19H,11H2,1-5H3. The predicted octanol–water partition coefficient (Wildman–Crippen LogP) is 3.71. The lowest BCUT2D eigenvalue weighted by Gasteiger charge is -2.17. The van der Waals surface area contributed by atoms with Crippen molar-refractivity contribution in [2.24, 2.45) is 0 Å². The average Bonchev–Trinajstić information content (AvgIpc) is 2.50. The minimum Gasteiger partial charge on any atom is -0.497 e. The van der Waals surface area contributed by atoms with Crippen LogP contribution >= 0.6 is 0 Å². The summed E-state index contributed by atoms with van der Waals surface area (Å²) in [6, 6.07) is 10.4. The molecule has 3 nitrogen and oxygen atoms in total. The molecule has 3 heteroatoms. The maximum Gasteiger partial charge on any atom is 0.129 e. The van der Waals surface area contributed by atoms with Gasteiger partial charge in [0.1, 0.15) is 11.5 Å². The van der Waals surface area contributed by atoms with Gasteiger partial charge in [-0.2, -0.15) is 0 Å². The van der Waals surface area contributed by atoms with Gasteiger partial charge in [-0.3, -0.25) is 0 Å². The molecule has 1 N–H and O–H groups in total. The molecule has 2 rings (SSSR count). The van der Waals surface area contributed by atoms with Crippen LogP contribution in [0.3, 0.4) is 0 Å². The molecule has 0 aliphatic heterocycles. The van der Waals surface area contributed by atoms with Crippen molar-refractivity contribution in [2.45, 2.75) is 20.4 Å². The predicted molar refractivity (Wildman–Crippen MR) is 87.2 cm³/mol. The molecule has 21 heavy (non-hydrogen) atoms. The highest BCUT2D eigenvalue weighted by Gasteiger charge is 2.14. The van der Waals surface area contributed by atoms with Crippen LogP contribution < -0.4 is 14.8 Å². The number of benzene rings is 2. The summed E-state index contributed by atoms with van der Waals surface area (Å²) in [6.07, 6.45) is 0. The number of hydrogen-bond acceptors (Lipinski definition) is 3. The molecule has 0 bridgehead atoms. The fourth-order valence-corrected chi connectivity index (χ4v) is 2.56. The van der Waals surface area contributed by atoms with Gasteiger partial charge in [0.15, 0.2) is 0 Å². The molecule has 0 aliphatic rings. The Morgan fingerprint density at radius 3 is 2.29 bits per heavy atom. The van der Waals surface area contributed by atoms with Crippen molar-refractivity contribution in [2.75, 3.05) is 21.3 Å². The number of hydrogen-bond donors (Lipinski definition) is 1. The number of methoxy groups -OCH3 is 2. The highest BCUT2D eigenvalue weighted by atomic mass is 16.5. The van der Waals surface area contributed by atoms with E-state index in [4.69, 9.17) is 9.47 Å². The van der Waals surface area contributed by atoms with Gasteiger partial charge < -0.3 is 14.8 Å². The molecule has 2 aromatic rings. The lowest BCUT2D eigenvalue weighted by Crippen LogP contribution is -2.07. The maximum atomic E-state index is 5.65. The van der Waals surface area contributed by atoms with E-state index in [1.807, 2.05) is 13.1 Å². The van der Waals surface area contributed by atoms with Gasteiger partial charge in [0.05, 0.1) is 14.2 Å². The summed E-state index contributed by atoms with van der Waals surface area (Å²) in [5.41, 5.74) is 5.90. The topological polar surface area (TPSA) is 30.5 Å². The van der Waals surface area contributed by atoms with Crippen LogP contribution in [-0.2, 0) is 6.54 Å². The normalized spacial score (nSPS) is 10.5. The van der Waals surface area contributed by atoms with Gasteiger partial charge in [-0.1, -0.05) is 18.2 Å². The van der Waals surface area contributed by atoms with Gasteiger partial charge in [0.2, 0.25) is 0 Å². The van der Waals surface area contributed by atoms with Crippen LogP contribution in [0.1, 0.15) is 16.7 Å². The molecule has 0 atom stereocenters. The second-order valence-electron chi connectivity index (χ2n) is 5.14. The smallest absolute Gasteiger partial charge is 0.129 e. The summed E-state index contributed by atoms with van der Waals surface area (Å²) < 4.78 is 11.0. The first-order valence-electron chi connectivity index (χ1n) is 7.08. The molecule has 2 aromatic carbocycles. The number of rotatable bonds is 5. The van der Waals surface area contributed by atoms with Crippen LogP contribution in [-0.4, -0.2) is 21.3 Å². The van der Waals surface area contributed by atoms with Crippen LogP contribution in [0, 0.1) is 13.8 Å². The van der Waals surface area contributed by atoms with Gasteiger partial charge in [0, 0.05) is 12.1 Å². The zero-order valence-electron chi connectivity index (χ0n) is 13.4. The summed E-state index contributed by atoms with van der Waals surface area (Å²) in [5, 5.41) is 3.21. The molecule has 0 saturated carbocycles. The monoisotopic (exact) mass is 285 g/mol.